The first kappa shape index (κ1) is 27.1. The molecular formula is C25H23Cl2FN4O4. The van der Waals surface area contributed by atoms with E-state index in [9.17, 15) is 9.18 Å². The molecule has 4 aromatic rings. The fraction of sp³-hybridized carbons (Fsp3) is 0.200. The molecular weight excluding hydrogens is 510 g/mol. The molecule has 2 N–H and O–H groups in total. The molecule has 0 unspecified atom stereocenters. The van der Waals surface area contributed by atoms with Gasteiger partial charge >= 0.3 is 5.97 Å². The number of carbonyl (C=O) groups is 1. The maximum atomic E-state index is 14.1. The van der Waals surface area contributed by atoms with E-state index in [1.54, 1.807) is 26.2 Å². The number of aliphatic carboxylic acids is 1. The van der Waals surface area contributed by atoms with Gasteiger partial charge in [-0.05, 0) is 53.4 Å². The molecule has 8 nitrogen and oxygen atoms in total. The summed E-state index contributed by atoms with van der Waals surface area (Å²) in [6.45, 7) is 2.25. The Morgan fingerprint density at radius 3 is 2.72 bits per heavy atom. The number of benzene rings is 2. The van der Waals surface area contributed by atoms with E-state index in [4.69, 9.17) is 26.0 Å². The number of halogens is 3. The normalized spacial score (nSPS) is 10.7. The number of methoxy groups -OCH3 is 1. The zero-order chi connectivity index (χ0) is 24.9. The standard InChI is InChI=1S/C25H22ClFN4O4.ClH/c1-14-18(4-3-5-21(14)27)19-7-6-15(10-17(19)13-34-2)25-30-23(31-35-25)16-11-20(26)24(29-12-16)28-9-8-22(32)33;/h3-7,10-12H,8-9,13H2,1-2H3,(H,28,29)(H,32,33);1H. The summed E-state index contributed by atoms with van der Waals surface area (Å²) in [5.74, 6) is -0.235. The number of aromatic nitrogens is 3. The molecule has 0 atom stereocenters. The smallest absolute Gasteiger partial charge is 0.305 e. The van der Waals surface area contributed by atoms with Crippen LogP contribution in [-0.4, -0.2) is 39.9 Å². The minimum Gasteiger partial charge on any atom is -0.481 e. The van der Waals surface area contributed by atoms with Crippen LogP contribution in [0, 0.1) is 12.7 Å². The van der Waals surface area contributed by atoms with Crippen LogP contribution in [0.4, 0.5) is 10.2 Å². The molecule has 0 aliphatic carbocycles. The van der Waals surface area contributed by atoms with Crippen molar-refractivity contribution in [1.29, 1.82) is 0 Å². The second-order valence-corrected chi connectivity index (χ2v) is 8.17. The molecule has 0 saturated carbocycles. The predicted molar refractivity (Wildman–Crippen MR) is 137 cm³/mol. The number of anilines is 1. The lowest BCUT2D eigenvalue weighted by Crippen LogP contribution is -2.08. The van der Waals surface area contributed by atoms with E-state index in [0.717, 1.165) is 16.7 Å². The summed E-state index contributed by atoms with van der Waals surface area (Å²) in [7, 11) is 1.59. The molecule has 0 spiro atoms. The summed E-state index contributed by atoms with van der Waals surface area (Å²) in [6.07, 6.45) is 1.46. The molecule has 2 aromatic heterocycles. The number of ether oxygens (including phenoxy) is 1. The van der Waals surface area contributed by atoms with E-state index >= 15 is 0 Å². The van der Waals surface area contributed by atoms with Gasteiger partial charge in [-0.15, -0.1) is 12.4 Å². The van der Waals surface area contributed by atoms with Gasteiger partial charge in [-0.25, -0.2) is 9.37 Å². The number of carboxylic acid groups (broad SMARTS) is 1. The molecule has 188 valence electrons. The minimum absolute atomic E-state index is 0. The fourth-order valence-corrected chi connectivity index (χ4v) is 3.83. The molecule has 0 aliphatic rings. The number of carboxylic acids is 1. The first-order valence-corrected chi connectivity index (χ1v) is 11.1. The van der Waals surface area contributed by atoms with E-state index in [1.807, 2.05) is 24.3 Å². The Labute approximate surface area is 217 Å². The molecule has 0 fully saturated rings. The van der Waals surface area contributed by atoms with Crippen LogP contribution in [0.2, 0.25) is 5.02 Å². The van der Waals surface area contributed by atoms with Crippen molar-refractivity contribution >= 4 is 35.8 Å². The van der Waals surface area contributed by atoms with Crippen molar-refractivity contribution in [3.05, 3.63) is 70.6 Å². The zero-order valence-corrected chi connectivity index (χ0v) is 21.0. The van der Waals surface area contributed by atoms with Crippen molar-refractivity contribution in [2.24, 2.45) is 0 Å². The average Bonchev–Trinajstić information content (AvgIpc) is 3.32. The van der Waals surface area contributed by atoms with Gasteiger partial charge in [0.1, 0.15) is 11.6 Å². The van der Waals surface area contributed by atoms with Gasteiger partial charge in [0.15, 0.2) is 0 Å². The minimum atomic E-state index is -0.919. The summed E-state index contributed by atoms with van der Waals surface area (Å²) in [4.78, 5) is 19.4. The monoisotopic (exact) mass is 532 g/mol. The summed E-state index contributed by atoms with van der Waals surface area (Å²) < 4.78 is 25.0. The van der Waals surface area contributed by atoms with Gasteiger partial charge in [0.2, 0.25) is 5.82 Å². The highest BCUT2D eigenvalue weighted by atomic mass is 35.5. The fourth-order valence-electron chi connectivity index (χ4n) is 3.60. The lowest BCUT2D eigenvalue weighted by Gasteiger charge is -2.13. The maximum absolute atomic E-state index is 14.1. The van der Waals surface area contributed by atoms with Crippen LogP contribution in [0.15, 0.2) is 53.2 Å². The van der Waals surface area contributed by atoms with Crippen LogP contribution in [0.25, 0.3) is 34.0 Å². The molecule has 0 radical (unpaired) electrons. The topological polar surface area (TPSA) is 110 Å². The number of nitrogens with one attached hydrogen (secondary N) is 1. The van der Waals surface area contributed by atoms with Gasteiger partial charge in [-0.3, -0.25) is 4.79 Å². The average molecular weight is 533 g/mol. The second kappa shape index (κ2) is 11.9. The Hall–Kier alpha value is -3.53. The predicted octanol–water partition coefficient (Wildman–Crippen LogP) is 6.02. The van der Waals surface area contributed by atoms with E-state index in [1.165, 1.54) is 12.3 Å². The third-order valence-electron chi connectivity index (χ3n) is 5.37. The third kappa shape index (κ3) is 5.99. The van der Waals surface area contributed by atoms with Gasteiger partial charge in [-0.1, -0.05) is 35.0 Å². The van der Waals surface area contributed by atoms with Crippen LogP contribution in [-0.2, 0) is 16.1 Å². The zero-order valence-electron chi connectivity index (χ0n) is 19.4. The lowest BCUT2D eigenvalue weighted by molar-refractivity contribution is -0.136. The van der Waals surface area contributed by atoms with Crippen LogP contribution >= 0.6 is 24.0 Å². The van der Waals surface area contributed by atoms with Crippen molar-refractivity contribution in [3.63, 3.8) is 0 Å². The quantitative estimate of drug-likeness (QED) is 0.269. The molecule has 2 aromatic carbocycles. The highest BCUT2D eigenvalue weighted by Gasteiger charge is 2.16. The van der Waals surface area contributed by atoms with E-state index in [0.29, 0.717) is 45.9 Å². The van der Waals surface area contributed by atoms with Crippen molar-refractivity contribution in [3.8, 4) is 34.0 Å². The first-order chi connectivity index (χ1) is 16.9. The second-order valence-electron chi connectivity index (χ2n) is 7.77. The summed E-state index contributed by atoms with van der Waals surface area (Å²) in [5.41, 5.74) is 4.27. The van der Waals surface area contributed by atoms with Gasteiger partial charge < -0.3 is 19.7 Å². The molecule has 4 rings (SSSR count). The summed E-state index contributed by atoms with van der Waals surface area (Å²) in [6, 6.07) is 12.2. The maximum Gasteiger partial charge on any atom is 0.305 e. The largest absolute Gasteiger partial charge is 0.481 e. The SMILES string of the molecule is COCc1cc(-c2nc(-c3cnc(NCCC(=O)O)c(Cl)c3)no2)ccc1-c1cccc(F)c1C.Cl. The van der Waals surface area contributed by atoms with Crippen molar-refractivity contribution in [2.75, 3.05) is 19.0 Å². The van der Waals surface area contributed by atoms with Crippen LogP contribution in [0.1, 0.15) is 17.5 Å². The Bertz CT molecular complexity index is 1380. The van der Waals surface area contributed by atoms with E-state index in [-0.39, 0.29) is 31.2 Å². The molecule has 36 heavy (non-hydrogen) atoms. The Balaban J connectivity index is 0.00000361. The summed E-state index contributed by atoms with van der Waals surface area (Å²) >= 11 is 6.27. The molecule has 0 aliphatic heterocycles. The van der Waals surface area contributed by atoms with Gasteiger partial charge in [0.05, 0.1) is 18.1 Å². The van der Waals surface area contributed by atoms with Crippen molar-refractivity contribution < 1.29 is 23.6 Å². The first-order valence-electron chi connectivity index (χ1n) is 10.7. The third-order valence-corrected chi connectivity index (χ3v) is 5.65. The molecule has 11 heteroatoms. The number of rotatable bonds is 9. The van der Waals surface area contributed by atoms with Gasteiger partial charge in [0, 0.05) is 31.0 Å². The van der Waals surface area contributed by atoms with Crippen LogP contribution in [0.3, 0.4) is 0 Å². The molecule has 2 heterocycles. The molecule has 0 bridgehead atoms. The van der Waals surface area contributed by atoms with E-state index < -0.39 is 5.97 Å². The highest BCUT2D eigenvalue weighted by Crippen LogP contribution is 2.33. The molecule has 0 amide bonds. The Morgan fingerprint density at radius 1 is 1.19 bits per heavy atom. The molecule has 0 saturated heterocycles. The summed E-state index contributed by atoms with van der Waals surface area (Å²) in [5, 5.41) is 16.0. The van der Waals surface area contributed by atoms with Crippen molar-refractivity contribution in [1.82, 2.24) is 15.1 Å². The van der Waals surface area contributed by atoms with Crippen LogP contribution in [0.5, 0.6) is 0 Å². The van der Waals surface area contributed by atoms with Gasteiger partial charge in [-0.2, -0.15) is 4.98 Å². The van der Waals surface area contributed by atoms with Crippen molar-refractivity contribution in [2.45, 2.75) is 20.0 Å². The van der Waals surface area contributed by atoms with E-state index in [2.05, 4.69) is 20.4 Å². The number of nitrogens with zero attached hydrogens (tertiary/aromatic N) is 3. The Kier molecular flexibility index (Phi) is 8.98. The highest BCUT2D eigenvalue weighted by molar-refractivity contribution is 6.33. The van der Waals surface area contributed by atoms with Crippen LogP contribution < -0.4 is 5.32 Å². The lowest BCUT2D eigenvalue weighted by atomic mass is 9.94. The number of hydrogen-bond acceptors (Lipinski definition) is 7. The number of pyridine rings is 1. The van der Waals surface area contributed by atoms with Gasteiger partial charge in [0.25, 0.3) is 5.89 Å². The Morgan fingerprint density at radius 2 is 2.00 bits per heavy atom. The number of hydrogen-bond donors (Lipinski definition) is 2.